The van der Waals surface area contributed by atoms with Crippen LogP contribution in [0.1, 0.15) is 49.4 Å². The molecule has 0 bridgehead atoms. The second-order valence-corrected chi connectivity index (χ2v) is 7.27. The number of rotatable bonds is 4. The topological polar surface area (TPSA) is 59.2 Å². The lowest BCUT2D eigenvalue weighted by atomic mass is 9.74. The van der Waals surface area contributed by atoms with Crippen LogP contribution in [0.15, 0.2) is 6.20 Å². The van der Waals surface area contributed by atoms with Gasteiger partial charge in [0.25, 0.3) is 0 Å². The minimum absolute atomic E-state index is 0.0492. The molecule has 1 aromatic rings. The summed E-state index contributed by atoms with van der Waals surface area (Å²) < 4.78 is 0. The smallest absolute Gasteiger partial charge is 0.227 e. The van der Waals surface area contributed by atoms with Crippen LogP contribution in [0.5, 0.6) is 0 Å². The number of aryl methyl sites for hydroxylation is 1. The molecule has 4 nitrogen and oxygen atoms in total. The molecule has 112 valence electrons. The number of hydrogen-bond acceptors (Lipinski definition) is 4. The Balaban J connectivity index is 2.00. The third kappa shape index (κ3) is 3.38. The van der Waals surface area contributed by atoms with Crippen molar-refractivity contribution in [3.8, 4) is 0 Å². The summed E-state index contributed by atoms with van der Waals surface area (Å²) in [7, 11) is 1.86. The second kappa shape index (κ2) is 6.22. The van der Waals surface area contributed by atoms with Crippen LogP contribution in [0.3, 0.4) is 0 Å². The van der Waals surface area contributed by atoms with Gasteiger partial charge in [-0.25, -0.2) is 4.98 Å². The third-order valence-corrected chi connectivity index (χ3v) is 5.38. The van der Waals surface area contributed by atoms with Gasteiger partial charge in [0.15, 0.2) is 0 Å². The van der Waals surface area contributed by atoms with E-state index in [9.17, 15) is 4.79 Å². The Morgan fingerprint density at radius 2 is 2.35 bits per heavy atom. The van der Waals surface area contributed by atoms with Crippen LogP contribution in [0, 0.1) is 5.92 Å². The fourth-order valence-electron chi connectivity index (χ4n) is 2.90. The first kappa shape index (κ1) is 15.4. The molecule has 1 fully saturated rings. The van der Waals surface area contributed by atoms with E-state index in [1.165, 1.54) is 4.88 Å². The monoisotopic (exact) mass is 295 g/mol. The van der Waals surface area contributed by atoms with Gasteiger partial charge in [0.05, 0.1) is 12.5 Å². The average Bonchev–Trinajstić information content (AvgIpc) is 2.85. The van der Waals surface area contributed by atoms with E-state index >= 15 is 0 Å². The van der Waals surface area contributed by atoms with Crippen LogP contribution >= 0.6 is 11.3 Å². The molecule has 0 spiro atoms. The fourth-order valence-corrected chi connectivity index (χ4v) is 3.81. The summed E-state index contributed by atoms with van der Waals surface area (Å²) in [4.78, 5) is 20.1. The van der Waals surface area contributed by atoms with Crippen molar-refractivity contribution in [3.05, 3.63) is 16.1 Å². The number of hydrogen-bond donors (Lipinski definition) is 1. The zero-order valence-corrected chi connectivity index (χ0v) is 13.5. The first-order valence-corrected chi connectivity index (χ1v) is 8.23. The number of aromatic nitrogens is 1. The molecule has 1 amide bonds. The summed E-state index contributed by atoms with van der Waals surface area (Å²) in [6.07, 6.45) is 6.99. The molecule has 1 heterocycles. The largest absolute Gasteiger partial charge is 0.339 e. The molecule has 1 aliphatic rings. The molecular formula is C15H25N3OS. The first-order valence-electron chi connectivity index (χ1n) is 7.41. The van der Waals surface area contributed by atoms with Gasteiger partial charge in [0.2, 0.25) is 5.91 Å². The van der Waals surface area contributed by atoms with Gasteiger partial charge in [-0.1, -0.05) is 19.8 Å². The van der Waals surface area contributed by atoms with Gasteiger partial charge < -0.3 is 10.6 Å². The minimum atomic E-state index is -0.360. The van der Waals surface area contributed by atoms with Gasteiger partial charge in [-0.3, -0.25) is 4.79 Å². The maximum absolute atomic E-state index is 12.6. The summed E-state index contributed by atoms with van der Waals surface area (Å²) in [6.45, 7) is 4.73. The number of thiazole rings is 1. The predicted molar refractivity (Wildman–Crippen MR) is 82.5 cm³/mol. The molecular weight excluding hydrogens is 270 g/mol. The molecule has 2 unspecified atom stereocenters. The maximum Gasteiger partial charge on any atom is 0.227 e. The lowest BCUT2D eigenvalue weighted by molar-refractivity contribution is -0.138. The highest BCUT2D eigenvalue weighted by atomic mass is 32.1. The average molecular weight is 295 g/mol. The molecule has 0 radical (unpaired) electrons. The van der Waals surface area contributed by atoms with Crippen LogP contribution in [-0.2, 0) is 17.8 Å². The summed E-state index contributed by atoms with van der Waals surface area (Å²) in [5, 5.41) is 1.01. The zero-order chi connectivity index (χ0) is 14.8. The quantitative estimate of drug-likeness (QED) is 0.928. The van der Waals surface area contributed by atoms with Gasteiger partial charge >= 0.3 is 0 Å². The van der Waals surface area contributed by atoms with Crippen molar-refractivity contribution in [1.82, 2.24) is 9.88 Å². The number of nitrogens with two attached hydrogens (primary N) is 1. The summed E-state index contributed by atoms with van der Waals surface area (Å²) in [5.74, 6) is 0.120. The van der Waals surface area contributed by atoms with Crippen molar-refractivity contribution in [1.29, 1.82) is 0 Å². The maximum atomic E-state index is 12.6. The van der Waals surface area contributed by atoms with Crippen LogP contribution < -0.4 is 5.73 Å². The van der Waals surface area contributed by atoms with E-state index in [4.69, 9.17) is 5.73 Å². The van der Waals surface area contributed by atoms with E-state index in [-0.39, 0.29) is 17.4 Å². The van der Waals surface area contributed by atoms with Gasteiger partial charge in [-0.2, -0.15) is 0 Å². The zero-order valence-electron chi connectivity index (χ0n) is 12.7. The van der Waals surface area contributed by atoms with Crippen LogP contribution in [0.25, 0.3) is 0 Å². The van der Waals surface area contributed by atoms with E-state index in [1.807, 2.05) is 20.2 Å². The fraction of sp³-hybridized carbons (Fsp3) is 0.733. The van der Waals surface area contributed by atoms with Crippen LogP contribution in [-0.4, -0.2) is 28.4 Å². The van der Waals surface area contributed by atoms with Crippen molar-refractivity contribution < 1.29 is 4.79 Å². The van der Waals surface area contributed by atoms with E-state index < -0.39 is 0 Å². The molecule has 20 heavy (non-hydrogen) atoms. The predicted octanol–water partition coefficient (Wildman–Crippen LogP) is 2.57. The van der Waals surface area contributed by atoms with Crippen molar-refractivity contribution in [2.45, 2.75) is 58.0 Å². The van der Waals surface area contributed by atoms with E-state index in [2.05, 4.69) is 11.9 Å². The van der Waals surface area contributed by atoms with Gasteiger partial charge in [-0.15, -0.1) is 11.3 Å². The van der Waals surface area contributed by atoms with Gasteiger partial charge in [0, 0.05) is 23.7 Å². The first-order chi connectivity index (χ1) is 9.44. The molecule has 0 aromatic carbocycles. The third-order valence-electron chi connectivity index (χ3n) is 4.25. The standard InChI is InChI=1S/C15H25N3OS/c1-4-11-9-17-13(20-11)10-18(3)14(19)12-7-5-6-8-15(12,2)16/h9,12H,4-8,10,16H2,1-3H3. The normalized spacial score (nSPS) is 26.5. The van der Waals surface area contributed by atoms with Gasteiger partial charge in [-0.05, 0) is 26.2 Å². The highest BCUT2D eigenvalue weighted by Crippen LogP contribution is 2.33. The number of carbonyl (C=O) groups excluding carboxylic acids is 1. The molecule has 1 aromatic heterocycles. The lowest BCUT2D eigenvalue weighted by Crippen LogP contribution is -2.53. The Morgan fingerprint density at radius 1 is 1.60 bits per heavy atom. The minimum Gasteiger partial charge on any atom is -0.339 e. The summed E-state index contributed by atoms with van der Waals surface area (Å²) >= 11 is 1.69. The molecule has 2 rings (SSSR count). The molecule has 2 N–H and O–H groups in total. The van der Waals surface area contributed by atoms with Crippen LogP contribution in [0.2, 0.25) is 0 Å². The summed E-state index contributed by atoms with van der Waals surface area (Å²) in [5.41, 5.74) is 5.96. The number of nitrogens with zero attached hydrogens (tertiary/aromatic N) is 2. The highest BCUT2D eigenvalue weighted by Gasteiger charge is 2.39. The molecule has 0 aliphatic heterocycles. The highest BCUT2D eigenvalue weighted by molar-refractivity contribution is 7.11. The van der Waals surface area contributed by atoms with E-state index in [0.29, 0.717) is 6.54 Å². The molecule has 5 heteroatoms. The molecule has 1 saturated carbocycles. The molecule has 0 saturated heterocycles. The summed E-state index contributed by atoms with van der Waals surface area (Å²) in [6, 6.07) is 0. The Kier molecular flexibility index (Phi) is 4.81. The second-order valence-electron chi connectivity index (χ2n) is 6.07. The Labute approximate surface area is 125 Å². The Bertz CT molecular complexity index is 469. The van der Waals surface area contributed by atoms with Crippen molar-refractivity contribution >= 4 is 17.2 Å². The van der Waals surface area contributed by atoms with Crippen molar-refractivity contribution in [2.75, 3.05) is 7.05 Å². The Morgan fingerprint density at radius 3 is 2.95 bits per heavy atom. The van der Waals surface area contributed by atoms with Crippen LogP contribution in [0.4, 0.5) is 0 Å². The molecule has 2 atom stereocenters. The van der Waals surface area contributed by atoms with Gasteiger partial charge in [0.1, 0.15) is 5.01 Å². The lowest BCUT2D eigenvalue weighted by Gasteiger charge is -2.39. The molecule has 1 aliphatic carbocycles. The van der Waals surface area contributed by atoms with E-state index in [0.717, 1.165) is 37.1 Å². The number of amides is 1. The number of carbonyl (C=O) groups is 1. The van der Waals surface area contributed by atoms with Crippen molar-refractivity contribution in [2.24, 2.45) is 11.7 Å². The van der Waals surface area contributed by atoms with Crippen molar-refractivity contribution in [3.63, 3.8) is 0 Å². The Hall–Kier alpha value is -0.940. The van der Waals surface area contributed by atoms with E-state index in [1.54, 1.807) is 16.2 Å². The SMILES string of the molecule is CCc1cnc(CN(C)C(=O)C2CCCCC2(C)N)s1.